The van der Waals surface area contributed by atoms with Gasteiger partial charge in [-0.2, -0.15) is 0 Å². The molecule has 0 heterocycles. The Morgan fingerprint density at radius 3 is 2.60 bits per heavy atom. The fourth-order valence-corrected chi connectivity index (χ4v) is 1.22. The van der Waals surface area contributed by atoms with Crippen LogP contribution in [0.1, 0.15) is 33.1 Å². The number of rotatable bonds is 6. The average Bonchev–Trinajstić information content (AvgIpc) is 2.97. The Morgan fingerprint density at radius 2 is 2.13 bits per heavy atom. The third-order valence-corrected chi connectivity index (χ3v) is 3.04. The minimum absolute atomic E-state index is 0.105. The molecule has 2 N–H and O–H groups in total. The summed E-state index contributed by atoms with van der Waals surface area (Å²) >= 11 is 0. The van der Waals surface area contributed by atoms with Gasteiger partial charge in [0.05, 0.1) is 6.61 Å². The van der Waals surface area contributed by atoms with E-state index in [4.69, 9.17) is 5.11 Å². The zero-order valence-electron chi connectivity index (χ0n) is 9.92. The van der Waals surface area contributed by atoms with E-state index in [-0.39, 0.29) is 18.1 Å². The van der Waals surface area contributed by atoms with E-state index in [1.54, 1.807) is 0 Å². The first-order valence-electron chi connectivity index (χ1n) is 5.57. The lowest BCUT2D eigenvalue weighted by Gasteiger charge is -2.33. The van der Waals surface area contributed by atoms with Gasteiger partial charge in [-0.25, -0.2) is 0 Å². The molecule has 1 rings (SSSR count). The highest BCUT2D eigenvalue weighted by Gasteiger charge is 2.25. The molecule has 0 aromatic rings. The van der Waals surface area contributed by atoms with E-state index in [1.807, 2.05) is 25.8 Å². The van der Waals surface area contributed by atoms with Crippen molar-refractivity contribution >= 4 is 5.91 Å². The second-order valence-corrected chi connectivity index (χ2v) is 4.98. The quantitative estimate of drug-likeness (QED) is 0.671. The number of amides is 1. The minimum atomic E-state index is -0.250. The number of nitrogens with zero attached hydrogens (tertiary/aromatic N) is 1. The molecule has 15 heavy (non-hydrogen) atoms. The Labute approximate surface area is 91.6 Å². The van der Waals surface area contributed by atoms with Gasteiger partial charge in [0.15, 0.2) is 0 Å². The molecular formula is C11H22N2O2. The monoisotopic (exact) mass is 214 g/mol. The molecule has 1 aliphatic rings. The first kappa shape index (κ1) is 12.5. The summed E-state index contributed by atoms with van der Waals surface area (Å²) < 4.78 is 0. The number of hydrogen-bond acceptors (Lipinski definition) is 3. The van der Waals surface area contributed by atoms with Crippen molar-refractivity contribution in [3.63, 3.8) is 0 Å². The van der Waals surface area contributed by atoms with Crippen molar-refractivity contribution in [3.8, 4) is 0 Å². The second-order valence-electron chi connectivity index (χ2n) is 4.98. The Morgan fingerprint density at radius 1 is 1.53 bits per heavy atom. The van der Waals surface area contributed by atoms with Crippen molar-refractivity contribution in [2.24, 2.45) is 0 Å². The normalized spacial score (nSPS) is 16.9. The van der Waals surface area contributed by atoms with Gasteiger partial charge in [0.2, 0.25) is 5.91 Å². The summed E-state index contributed by atoms with van der Waals surface area (Å²) in [5.74, 6) is 0.123. The van der Waals surface area contributed by atoms with Gasteiger partial charge in [-0.1, -0.05) is 0 Å². The molecule has 0 radical (unpaired) electrons. The van der Waals surface area contributed by atoms with Crippen molar-refractivity contribution in [1.29, 1.82) is 0 Å². The highest BCUT2D eigenvalue weighted by atomic mass is 16.3. The van der Waals surface area contributed by atoms with Crippen LogP contribution in [0.5, 0.6) is 0 Å². The molecule has 1 saturated carbocycles. The highest BCUT2D eigenvalue weighted by Crippen LogP contribution is 2.18. The topological polar surface area (TPSA) is 52.6 Å². The summed E-state index contributed by atoms with van der Waals surface area (Å²) in [7, 11) is 1.93. The van der Waals surface area contributed by atoms with Gasteiger partial charge in [0.25, 0.3) is 0 Å². The molecule has 1 amide bonds. The van der Waals surface area contributed by atoms with E-state index in [1.165, 1.54) is 0 Å². The van der Waals surface area contributed by atoms with Gasteiger partial charge in [0, 0.05) is 24.5 Å². The summed E-state index contributed by atoms with van der Waals surface area (Å²) in [6.45, 7) is 4.72. The van der Waals surface area contributed by atoms with Crippen molar-refractivity contribution < 1.29 is 9.90 Å². The van der Waals surface area contributed by atoms with E-state index in [0.29, 0.717) is 19.0 Å². The molecule has 88 valence electrons. The van der Waals surface area contributed by atoms with Crippen LogP contribution in [0, 0.1) is 0 Å². The largest absolute Gasteiger partial charge is 0.394 e. The summed E-state index contributed by atoms with van der Waals surface area (Å²) in [6.07, 6.45) is 2.77. The smallest absolute Gasteiger partial charge is 0.221 e. The van der Waals surface area contributed by atoms with E-state index in [2.05, 4.69) is 5.32 Å². The maximum atomic E-state index is 11.4. The van der Waals surface area contributed by atoms with Crippen LogP contribution in [0.3, 0.4) is 0 Å². The number of aliphatic hydroxyl groups excluding tert-OH is 1. The highest BCUT2D eigenvalue weighted by molar-refractivity contribution is 5.76. The van der Waals surface area contributed by atoms with Crippen LogP contribution in [-0.2, 0) is 4.79 Å². The van der Waals surface area contributed by atoms with Crippen LogP contribution >= 0.6 is 0 Å². The molecule has 0 aliphatic heterocycles. The first-order chi connectivity index (χ1) is 6.95. The molecule has 4 heteroatoms. The predicted octanol–water partition coefficient (Wildman–Crippen LogP) is 0.358. The maximum absolute atomic E-state index is 11.4. The first-order valence-corrected chi connectivity index (χ1v) is 5.57. The van der Waals surface area contributed by atoms with Crippen LogP contribution in [0.15, 0.2) is 0 Å². The van der Waals surface area contributed by atoms with Gasteiger partial charge in [-0.15, -0.1) is 0 Å². The summed E-state index contributed by atoms with van der Waals surface area (Å²) in [6, 6.07) is 0.439. The van der Waals surface area contributed by atoms with Crippen LogP contribution in [0.4, 0.5) is 0 Å². The molecule has 0 atom stereocenters. The Hall–Kier alpha value is -0.610. The zero-order valence-corrected chi connectivity index (χ0v) is 9.92. The number of hydrogen-bond donors (Lipinski definition) is 2. The summed E-state index contributed by atoms with van der Waals surface area (Å²) in [5, 5.41) is 12.1. The minimum Gasteiger partial charge on any atom is -0.394 e. The van der Waals surface area contributed by atoms with Crippen LogP contribution in [0.2, 0.25) is 0 Å². The lowest BCUT2D eigenvalue weighted by Crippen LogP contribution is -2.45. The van der Waals surface area contributed by atoms with Crippen molar-refractivity contribution in [1.82, 2.24) is 10.2 Å². The molecule has 4 nitrogen and oxygen atoms in total. The third-order valence-electron chi connectivity index (χ3n) is 3.04. The molecule has 1 fully saturated rings. The standard InChI is InChI=1S/C11H22N2O2/c1-11(2,8-14)13(3)7-6-10(15)12-9-4-5-9/h9,14H,4-8H2,1-3H3,(H,12,15). The fourth-order valence-electron chi connectivity index (χ4n) is 1.22. The average molecular weight is 214 g/mol. The molecule has 0 bridgehead atoms. The van der Waals surface area contributed by atoms with Gasteiger partial charge < -0.3 is 10.4 Å². The predicted molar refractivity (Wildman–Crippen MR) is 59.6 cm³/mol. The van der Waals surface area contributed by atoms with Gasteiger partial charge in [0.1, 0.15) is 0 Å². The summed E-state index contributed by atoms with van der Waals surface area (Å²) in [4.78, 5) is 13.4. The molecule has 0 saturated heterocycles. The van der Waals surface area contributed by atoms with E-state index in [0.717, 1.165) is 12.8 Å². The van der Waals surface area contributed by atoms with E-state index >= 15 is 0 Å². The van der Waals surface area contributed by atoms with Crippen LogP contribution < -0.4 is 5.32 Å². The van der Waals surface area contributed by atoms with E-state index in [9.17, 15) is 4.79 Å². The Kier molecular flexibility index (Phi) is 4.11. The van der Waals surface area contributed by atoms with Gasteiger partial charge in [-0.3, -0.25) is 9.69 Å². The molecule has 0 unspecified atom stereocenters. The fraction of sp³-hybridized carbons (Fsp3) is 0.909. The van der Waals surface area contributed by atoms with Crippen molar-refractivity contribution in [2.75, 3.05) is 20.2 Å². The van der Waals surface area contributed by atoms with E-state index < -0.39 is 0 Å². The number of likely N-dealkylation sites (N-methyl/N-ethyl adjacent to an activating group) is 1. The number of carbonyl (C=O) groups excluding carboxylic acids is 1. The number of aliphatic hydroxyl groups is 1. The van der Waals surface area contributed by atoms with Crippen molar-refractivity contribution in [2.45, 2.75) is 44.7 Å². The molecule has 0 aromatic heterocycles. The Balaban J connectivity index is 2.20. The maximum Gasteiger partial charge on any atom is 0.221 e. The molecule has 1 aliphatic carbocycles. The molecule has 0 aromatic carbocycles. The number of nitrogens with one attached hydrogen (secondary N) is 1. The van der Waals surface area contributed by atoms with Crippen molar-refractivity contribution in [3.05, 3.63) is 0 Å². The lowest BCUT2D eigenvalue weighted by atomic mass is 10.1. The van der Waals surface area contributed by atoms with Crippen LogP contribution in [0.25, 0.3) is 0 Å². The third kappa shape index (κ3) is 4.18. The summed E-state index contributed by atoms with van der Waals surface area (Å²) in [5.41, 5.74) is -0.250. The second kappa shape index (κ2) is 4.94. The van der Waals surface area contributed by atoms with Crippen LogP contribution in [-0.4, -0.2) is 47.7 Å². The van der Waals surface area contributed by atoms with Gasteiger partial charge in [-0.05, 0) is 33.7 Å². The molecular weight excluding hydrogens is 192 g/mol. The zero-order chi connectivity index (χ0) is 11.5. The lowest BCUT2D eigenvalue weighted by molar-refractivity contribution is -0.121. The number of carbonyl (C=O) groups is 1. The Bertz CT molecular complexity index is 225. The van der Waals surface area contributed by atoms with Gasteiger partial charge >= 0.3 is 0 Å². The SMILES string of the molecule is CN(CCC(=O)NC1CC1)C(C)(C)CO. The molecule has 0 spiro atoms.